The standard InChI is InChI=1S/C17H17N3O3/c1-22-15-5-6-16(23-2)17-13(15)9-20(10-14(17)21)12-4-3-11(7-18)19-8-12/h3-6,8,14,21H,9-10H2,1-2H3. The zero-order chi connectivity index (χ0) is 16.4. The average molecular weight is 311 g/mol. The Bertz CT molecular complexity index is 753. The minimum absolute atomic E-state index is 0.367. The number of pyridine rings is 1. The van der Waals surface area contributed by atoms with Gasteiger partial charge in [0.1, 0.15) is 29.4 Å². The summed E-state index contributed by atoms with van der Waals surface area (Å²) in [6, 6.07) is 9.14. The van der Waals surface area contributed by atoms with Gasteiger partial charge in [0.15, 0.2) is 0 Å². The largest absolute Gasteiger partial charge is 0.496 e. The van der Waals surface area contributed by atoms with Crippen LogP contribution < -0.4 is 14.4 Å². The second-order valence-electron chi connectivity index (χ2n) is 5.27. The number of hydrogen-bond donors (Lipinski definition) is 1. The van der Waals surface area contributed by atoms with Crippen LogP contribution in [-0.2, 0) is 6.54 Å². The molecule has 1 aromatic heterocycles. The van der Waals surface area contributed by atoms with Crippen molar-refractivity contribution in [3.8, 4) is 17.6 Å². The third-order valence-electron chi connectivity index (χ3n) is 4.02. The molecule has 0 fully saturated rings. The maximum absolute atomic E-state index is 10.6. The normalized spacial score (nSPS) is 16.4. The minimum Gasteiger partial charge on any atom is -0.496 e. The number of benzene rings is 1. The average Bonchev–Trinajstić information content (AvgIpc) is 2.60. The topological polar surface area (TPSA) is 78.6 Å². The Hall–Kier alpha value is -2.78. The molecule has 0 aliphatic carbocycles. The third kappa shape index (κ3) is 2.67. The number of hydrogen-bond acceptors (Lipinski definition) is 6. The van der Waals surface area contributed by atoms with E-state index in [1.54, 1.807) is 32.5 Å². The molecule has 1 atom stereocenters. The van der Waals surface area contributed by atoms with Crippen molar-refractivity contribution in [2.24, 2.45) is 0 Å². The number of methoxy groups -OCH3 is 2. The highest BCUT2D eigenvalue weighted by molar-refractivity contribution is 5.57. The first kappa shape index (κ1) is 15.1. The number of ether oxygens (including phenoxy) is 2. The van der Waals surface area contributed by atoms with Crippen LogP contribution in [-0.4, -0.2) is 30.9 Å². The van der Waals surface area contributed by atoms with E-state index in [1.165, 1.54) is 0 Å². The first-order valence-electron chi connectivity index (χ1n) is 7.20. The molecule has 6 nitrogen and oxygen atoms in total. The van der Waals surface area contributed by atoms with Crippen LogP contribution in [0.1, 0.15) is 22.9 Å². The molecular formula is C17H17N3O3. The fourth-order valence-electron chi connectivity index (χ4n) is 2.91. The summed E-state index contributed by atoms with van der Waals surface area (Å²) in [4.78, 5) is 6.09. The molecular weight excluding hydrogens is 294 g/mol. The lowest BCUT2D eigenvalue weighted by Crippen LogP contribution is -2.34. The maximum atomic E-state index is 10.6. The van der Waals surface area contributed by atoms with Gasteiger partial charge >= 0.3 is 0 Å². The van der Waals surface area contributed by atoms with Gasteiger partial charge in [-0.2, -0.15) is 5.26 Å². The number of β-amino-alcohol motifs (C(OH)–C–C–N with tert-alkyl or cyclic N) is 1. The number of anilines is 1. The Balaban J connectivity index is 2.00. The lowest BCUT2D eigenvalue weighted by molar-refractivity contribution is 0.169. The summed E-state index contributed by atoms with van der Waals surface area (Å²) in [6.07, 6.45) is 0.947. The molecule has 1 unspecified atom stereocenters. The van der Waals surface area contributed by atoms with Crippen LogP contribution in [0.25, 0.3) is 0 Å². The number of nitriles is 1. The van der Waals surface area contributed by atoms with E-state index >= 15 is 0 Å². The van der Waals surface area contributed by atoms with Gasteiger partial charge in [-0.25, -0.2) is 4.98 Å². The maximum Gasteiger partial charge on any atom is 0.140 e. The summed E-state index contributed by atoms with van der Waals surface area (Å²) in [5, 5.41) is 19.4. The molecule has 23 heavy (non-hydrogen) atoms. The highest BCUT2D eigenvalue weighted by Gasteiger charge is 2.29. The van der Waals surface area contributed by atoms with Gasteiger partial charge in [-0.15, -0.1) is 0 Å². The molecule has 0 amide bonds. The summed E-state index contributed by atoms with van der Waals surface area (Å²) in [5.41, 5.74) is 2.88. The fourth-order valence-corrected chi connectivity index (χ4v) is 2.91. The Morgan fingerprint density at radius 3 is 2.57 bits per heavy atom. The lowest BCUT2D eigenvalue weighted by atomic mass is 9.95. The Kier molecular flexibility index (Phi) is 4.04. The van der Waals surface area contributed by atoms with E-state index in [1.807, 2.05) is 23.1 Å². The molecule has 0 bridgehead atoms. The van der Waals surface area contributed by atoms with E-state index in [-0.39, 0.29) is 0 Å². The van der Waals surface area contributed by atoms with Gasteiger partial charge in [0.25, 0.3) is 0 Å². The van der Waals surface area contributed by atoms with Crippen molar-refractivity contribution in [3.63, 3.8) is 0 Å². The quantitative estimate of drug-likeness (QED) is 0.934. The smallest absolute Gasteiger partial charge is 0.140 e. The molecule has 118 valence electrons. The van der Waals surface area contributed by atoms with Gasteiger partial charge in [-0.3, -0.25) is 0 Å². The first-order chi connectivity index (χ1) is 11.2. The van der Waals surface area contributed by atoms with Crippen molar-refractivity contribution < 1.29 is 14.6 Å². The summed E-state index contributed by atoms with van der Waals surface area (Å²) in [6.45, 7) is 0.991. The lowest BCUT2D eigenvalue weighted by Gasteiger charge is -2.35. The van der Waals surface area contributed by atoms with Gasteiger partial charge in [-0.1, -0.05) is 0 Å². The van der Waals surface area contributed by atoms with E-state index < -0.39 is 6.10 Å². The van der Waals surface area contributed by atoms with E-state index in [4.69, 9.17) is 14.7 Å². The Labute approximate surface area is 134 Å². The number of nitrogens with zero attached hydrogens (tertiary/aromatic N) is 3. The van der Waals surface area contributed by atoms with Crippen LogP contribution in [0.2, 0.25) is 0 Å². The molecule has 2 heterocycles. The minimum atomic E-state index is -0.695. The van der Waals surface area contributed by atoms with Crippen molar-refractivity contribution in [2.45, 2.75) is 12.6 Å². The molecule has 2 aromatic rings. The van der Waals surface area contributed by atoms with Crippen molar-refractivity contribution in [3.05, 3.63) is 47.3 Å². The Morgan fingerprint density at radius 2 is 1.96 bits per heavy atom. The molecule has 0 saturated heterocycles. The zero-order valence-corrected chi connectivity index (χ0v) is 13.0. The number of aliphatic hydroxyl groups excluding tert-OH is 1. The zero-order valence-electron chi connectivity index (χ0n) is 13.0. The second kappa shape index (κ2) is 6.15. The molecule has 1 aromatic carbocycles. The van der Waals surface area contributed by atoms with Crippen LogP contribution in [0.4, 0.5) is 5.69 Å². The van der Waals surface area contributed by atoms with Gasteiger partial charge < -0.3 is 19.5 Å². The number of aliphatic hydroxyl groups is 1. The first-order valence-corrected chi connectivity index (χ1v) is 7.20. The van der Waals surface area contributed by atoms with Gasteiger partial charge in [0, 0.05) is 24.2 Å². The van der Waals surface area contributed by atoms with Crippen LogP contribution in [0.3, 0.4) is 0 Å². The molecule has 1 aliphatic rings. The fraction of sp³-hybridized carbons (Fsp3) is 0.294. The summed E-state index contributed by atoms with van der Waals surface area (Å²) < 4.78 is 10.8. The molecule has 0 saturated carbocycles. The van der Waals surface area contributed by atoms with Crippen molar-refractivity contribution in [1.82, 2.24) is 4.98 Å². The molecule has 0 radical (unpaired) electrons. The molecule has 1 aliphatic heterocycles. The summed E-state index contributed by atoms with van der Waals surface area (Å²) in [7, 11) is 3.20. The van der Waals surface area contributed by atoms with Gasteiger partial charge in [-0.05, 0) is 24.3 Å². The van der Waals surface area contributed by atoms with Gasteiger partial charge in [0.2, 0.25) is 0 Å². The van der Waals surface area contributed by atoms with Crippen LogP contribution in [0.5, 0.6) is 11.5 Å². The van der Waals surface area contributed by atoms with Gasteiger partial charge in [0.05, 0.1) is 26.1 Å². The van der Waals surface area contributed by atoms with Crippen LogP contribution >= 0.6 is 0 Å². The van der Waals surface area contributed by atoms with E-state index in [0.29, 0.717) is 30.3 Å². The van der Waals surface area contributed by atoms with Crippen LogP contribution in [0.15, 0.2) is 30.5 Å². The van der Waals surface area contributed by atoms with Crippen molar-refractivity contribution in [2.75, 3.05) is 25.7 Å². The van der Waals surface area contributed by atoms with Crippen LogP contribution in [0, 0.1) is 11.3 Å². The molecule has 3 rings (SSSR count). The highest BCUT2D eigenvalue weighted by Crippen LogP contribution is 2.40. The van der Waals surface area contributed by atoms with E-state index in [9.17, 15) is 5.11 Å². The van der Waals surface area contributed by atoms with Crippen molar-refractivity contribution in [1.29, 1.82) is 5.26 Å². The predicted molar refractivity (Wildman–Crippen MR) is 84.5 cm³/mol. The SMILES string of the molecule is COc1ccc(OC)c2c1CN(c1ccc(C#N)nc1)CC2O. The highest BCUT2D eigenvalue weighted by atomic mass is 16.5. The molecule has 1 N–H and O–H groups in total. The summed E-state index contributed by atoms with van der Waals surface area (Å²) in [5.74, 6) is 1.37. The monoisotopic (exact) mass is 311 g/mol. The van der Waals surface area contributed by atoms with E-state index in [2.05, 4.69) is 4.98 Å². The molecule has 6 heteroatoms. The second-order valence-corrected chi connectivity index (χ2v) is 5.27. The van der Waals surface area contributed by atoms with E-state index in [0.717, 1.165) is 16.8 Å². The van der Waals surface area contributed by atoms with Crippen molar-refractivity contribution >= 4 is 5.69 Å². The number of rotatable bonds is 3. The Morgan fingerprint density at radius 1 is 1.22 bits per heavy atom. The molecule has 0 spiro atoms. The third-order valence-corrected chi connectivity index (χ3v) is 4.02. The number of fused-ring (bicyclic) bond motifs is 1. The predicted octanol–water partition coefficient (Wildman–Crippen LogP) is 2.02. The summed E-state index contributed by atoms with van der Waals surface area (Å²) >= 11 is 0. The number of aromatic nitrogens is 1.